The summed E-state index contributed by atoms with van der Waals surface area (Å²) in [6, 6.07) is 8.50. The van der Waals surface area contributed by atoms with E-state index in [1.54, 1.807) is 0 Å². The first-order chi connectivity index (χ1) is 13.6. The molecule has 0 bridgehead atoms. The van der Waals surface area contributed by atoms with E-state index < -0.39 is 6.09 Å². The van der Waals surface area contributed by atoms with Gasteiger partial charge in [-0.2, -0.15) is 4.79 Å². The lowest BCUT2D eigenvalue weighted by molar-refractivity contribution is -0.859. The number of piperazine rings is 1. The van der Waals surface area contributed by atoms with Crippen molar-refractivity contribution in [2.75, 3.05) is 46.4 Å². The maximum Gasteiger partial charge on any atom is 0.513 e. The van der Waals surface area contributed by atoms with E-state index in [1.165, 1.54) is 5.56 Å². The summed E-state index contributed by atoms with van der Waals surface area (Å²) in [6.07, 6.45) is 7.65. The van der Waals surface area contributed by atoms with Gasteiger partial charge in [0.25, 0.3) is 0 Å². The van der Waals surface area contributed by atoms with Crippen LogP contribution in [0.3, 0.4) is 0 Å². The molecular weight excluding hydrogens is 354 g/mol. The highest BCUT2D eigenvalue weighted by molar-refractivity contribution is 5.71. The fourth-order valence-corrected chi connectivity index (χ4v) is 4.34. The minimum atomic E-state index is -0.762. The van der Waals surface area contributed by atoms with E-state index in [2.05, 4.69) is 53.7 Å². The van der Waals surface area contributed by atoms with Gasteiger partial charge in [0.1, 0.15) is 32.0 Å². The van der Waals surface area contributed by atoms with Gasteiger partial charge in [-0.25, -0.2) is 4.48 Å². The Morgan fingerprint density at radius 2 is 2.07 bits per heavy atom. The zero-order chi connectivity index (χ0) is 19.6. The standard InChI is InChI=1S/C22H27N3O3/c1-24-16-17-6-2-3-7-18(17)21(19-8-4-5-9-20(19)24)28-15-14-25(22(26)27)12-10-23-11-13-25/h2-9,20,23H,10-16H2,1H3/p+1. The second-order valence-corrected chi connectivity index (χ2v) is 7.74. The summed E-state index contributed by atoms with van der Waals surface area (Å²) in [5.41, 5.74) is 3.47. The predicted molar refractivity (Wildman–Crippen MR) is 109 cm³/mol. The van der Waals surface area contributed by atoms with Crippen molar-refractivity contribution in [3.05, 3.63) is 65.3 Å². The van der Waals surface area contributed by atoms with Crippen LogP contribution in [0.15, 0.2) is 54.1 Å². The van der Waals surface area contributed by atoms with E-state index in [0.29, 0.717) is 26.2 Å². The van der Waals surface area contributed by atoms with Gasteiger partial charge in [0.15, 0.2) is 0 Å². The molecule has 3 aliphatic rings. The second kappa shape index (κ2) is 7.91. The van der Waals surface area contributed by atoms with Crippen molar-refractivity contribution < 1.29 is 19.1 Å². The molecule has 2 aliphatic heterocycles. The first-order valence-corrected chi connectivity index (χ1v) is 9.91. The third-order valence-electron chi connectivity index (χ3n) is 6.02. The van der Waals surface area contributed by atoms with E-state index in [-0.39, 0.29) is 10.5 Å². The molecule has 148 valence electrons. The maximum absolute atomic E-state index is 11.9. The molecule has 0 radical (unpaired) electrons. The maximum atomic E-state index is 11.9. The number of allylic oxidation sites excluding steroid dienone is 2. The molecule has 0 saturated carbocycles. The minimum absolute atomic E-state index is 0.0658. The van der Waals surface area contributed by atoms with Crippen LogP contribution in [0.1, 0.15) is 11.1 Å². The summed E-state index contributed by atoms with van der Waals surface area (Å²) in [4.78, 5) is 14.2. The van der Waals surface area contributed by atoms with Crippen molar-refractivity contribution in [2.24, 2.45) is 0 Å². The molecule has 1 unspecified atom stereocenters. The summed E-state index contributed by atoms with van der Waals surface area (Å²) in [6.45, 7) is 4.33. The molecule has 1 fully saturated rings. The number of amides is 1. The summed E-state index contributed by atoms with van der Waals surface area (Å²) in [7, 11) is 2.12. The number of benzene rings is 1. The Bertz CT molecular complexity index is 837. The molecule has 0 aromatic heterocycles. The quantitative estimate of drug-likeness (QED) is 0.784. The normalized spacial score (nSPS) is 23.7. The number of quaternary nitrogens is 1. The Kier molecular flexibility index (Phi) is 5.35. The monoisotopic (exact) mass is 382 g/mol. The highest BCUT2D eigenvalue weighted by Gasteiger charge is 2.38. The summed E-state index contributed by atoms with van der Waals surface area (Å²) in [5.74, 6) is 0.879. The highest BCUT2D eigenvalue weighted by Crippen LogP contribution is 2.34. The van der Waals surface area contributed by atoms with Gasteiger partial charge in [-0.1, -0.05) is 48.6 Å². The van der Waals surface area contributed by atoms with Crippen LogP contribution in [-0.2, 0) is 11.3 Å². The molecule has 6 heteroatoms. The van der Waals surface area contributed by atoms with E-state index in [4.69, 9.17) is 4.74 Å². The molecule has 1 amide bonds. The average Bonchev–Trinajstić information content (AvgIpc) is 2.83. The van der Waals surface area contributed by atoms with E-state index in [9.17, 15) is 9.90 Å². The van der Waals surface area contributed by atoms with Crippen LogP contribution in [0.5, 0.6) is 0 Å². The van der Waals surface area contributed by atoms with Crippen LogP contribution in [-0.4, -0.2) is 73.0 Å². The van der Waals surface area contributed by atoms with Gasteiger partial charge in [-0.15, -0.1) is 0 Å². The zero-order valence-corrected chi connectivity index (χ0v) is 16.3. The smallest absolute Gasteiger partial charge is 0.487 e. The van der Waals surface area contributed by atoms with Crippen LogP contribution < -0.4 is 5.32 Å². The largest absolute Gasteiger partial charge is 0.513 e. The molecule has 2 N–H and O–H groups in total. The minimum Gasteiger partial charge on any atom is -0.487 e. The Balaban J connectivity index is 1.62. The van der Waals surface area contributed by atoms with Crippen molar-refractivity contribution in [3.63, 3.8) is 0 Å². The topological polar surface area (TPSA) is 61.8 Å². The number of hydrogen-bond donors (Lipinski definition) is 2. The van der Waals surface area contributed by atoms with Gasteiger partial charge in [0.05, 0.1) is 6.04 Å². The first-order valence-electron chi connectivity index (χ1n) is 9.91. The molecule has 1 aliphatic carbocycles. The molecule has 1 saturated heterocycles. The molecule has 6 nitrogen and oxygen atoms in total. The van der Waals surface area contributed by atoms with Crippen molar-refractivity contribution in [1.82, 2.24) is 10.2 Å². The molecule has 2 heterocycles. The van der Waals surface area contributed by atoms with Crippen LogP contribution in [0.2, 0.25) is 0 Å². The van der Waals surface area contributed by atoms with Gasteiger partial charge in [0, 0.05) is 30.8 Å². The molecule has 1 aromatic rings. The molecule has 0 spiro atoms. The predicted octanol–water partition coefficient (Wildman–Crippen LogP) is 2.45. The summed E-state index contributed by atoms with van der Waals surface area (Å²) < 4.78 is 6.42. The zero-order valence-electron chi connectivity index (χ0n) is 16.3. The molecule has 28 heavy (non-hydrogen) atoms. The van der Waals surface area contributed by atoms with Crippen molar-refractivity contribution in [3.8, 4) is 0 Å². The third kappa shape index (κ3) is 3.51. The SMILES string of the molecule is CN1Cc2ccccc2C(OCC[N+]2(C(=O)O)CCNCC2)=C2C=CC=CC21. The fraction of sp³-hybridized carbons (Fsp3) is 0.409. The summed E-state index contributed by atoms with van der Waals surface area (Å²) in [5, 5.41) is 13.0. The third-order valence-corrected chi connectivity index (χ3v) is 6.02. The fourth-order valence-electron chi connectivity index (χ4n) is 4.34. The summed E-state index contributed by atoms with van der Waals surface area (Å²) >= 11 is 0. The van der Waals surface area contributed by atoms with E-state index in [0.717, 1.165) is 36.5 Å². The number of nitrogens with zero attached hydrogens (tertiary/aromatic N) is 2. The molecular formula is C22H28N3O3+. The van der Waals surface area contributed by atoms with Crippen molar-refractivity contribution in [2.45, 2.75) is 12.6 Å². The number of carbonyl (C=O) groups is 1. The average molecular weight is 382 g/mol. The number of carboxylic acid groups (broad SMARTS) is 1. The van der Waals surface area contributed by atoms with Crippen LogP contribution in [0, 0.1) is 0 Å². The number of likely N-dealkylation sites (N-methyl/N-ethyl adjacent to an activating group) is 1. The van der Waals surface area contributed by atoms with Crippen LogP contribution >= 0.6 is 0 Å². The Morgan fingerprint density at radius 1 is 1.29 bits per heavy atom. The molecule has 1 atom stereocenters. The second-order valence-electron chi connectivity index (χ2n) is 7.74. The van der Waals surface area contributed by atoms with Gasteiger partial charge in [-0.05, 0) is 12.6 Å². The lowest BCUT2D eigenvalue weighted by Crippen LogP contribution is -2.62. The molecule has 4 rings (SSSR count). The van der Waals surface area contributed by atoms with Crippen LogP contribution in [0.4, 0.5) is 4.79 Å². The van der Waals surface area contributed by atoms with Gasteiger partial charge in [0.2, 0.25) is 0 Å². The first kappa shape index (κ1) is 18.9. The highest BCUT2D eigenvalue weighted by atomic mass is 16.5. The Morgan fingerprint density at radius 3 is 2.86 bits per heavy atom. The molecule has 1 aromatic carbocycles. The Labute approximate surface area is 166 Å². The van der Waals surface area contributed by atoms with E-state index in [1.807, 2.05) is 12.1 Å². The van der Waals surface area contributed by atoms with Crippen LogP contribution in [0.25, 0.3) is 5.76 Å². The van der Waals surface area contributed by atoms with Gasteiger partial charge in [-0.3, -0.25) is 4.90 Å². The number of ether oxygens (including phenoxy) is 1. The number of fused-ring (bicyclic) bond motifs is 2. The Hall–Kier alpha value is -2.41. The van der Waals surface area contributed by atoms with Crippen molar-refractivity contribution in [1.29, 1.82) is 0 Å². The van der Waals surface area contributed by atoms with Gasteiger partial charge < -0.3 is 15.2 Å². The number of rotatable bonds is 4. The lowest BCUT2D eigenvalue weighted by Gasteiger charge is -2.36. The van der Waals surface area contributed by atoms with E-state index >= 15 is 0 Å². The number of nitrogens with one attached hydrogen (secondary N) is 1. The van der Waals surface area contributed by atoms with Crippen molar-refractivity contribution >= 4 is 11.9 Å². The van der Waals surface area contributed by atoms with Gasteiger partial charge >= 0.3 is 6.09 Å². The lowest BCUT2D eigenvalue weighted by atomic mass is 9.97. The number of hydrogen-bond acceptors (Lipinski definition) is 4.